The average Bonchev–Trinajstić information content (AvgIpc) is 3.16. The number of nitrogens with one attached hydrogen (secondary N) is 1. The van der Waals surface area contributed by atoms with Crippen molar-refractivity contribution in [2.24, 2.45) is 0 Å². The zero-order valence-electron chi connectivity index (χ0n) is 14.1. The fourth-order valence-corrected chi connectivity index (χ4v) is 5.69. The van der Waals surface area contributed by atoms with E-state index >= 15 is 0 Å². The third-order valence-corrected chi connectivity index (χ3v) is 7.62. The van der Waals surface area contributed by atoms with Crippen molar-refractivity contribution in [2.75, 3.05) is 6.54 Å². The number of hydrogen-bond acceptors (Lipinski definition) is 4. The van der Waals surface area contributed by atoms with E-state index in [0.717, 1.165) is 24.0 Å². The number of amides is 1. The molecule has 2 heterocycles. The van der Waals surface area contributed by atoms with Crippen LogP contribution in [0.15, 0.2) is 46.0 Å². The van der Waals surface area contributed by atoms with Crippen LogP contribution >= 0.6 is 11.3 Å². The first kappa shape index (κ1) is 18.1. The number of thiophene rings is 1. The van der Waals surface area contributed by atoms with Crippen molar-refractivity contribution in [1.82, 2.24) is 9.62 Å². The molecule has 0 fully saturated rings. The van der Waals surface area contributed by atoms with Gasteiger partial charge in [-0.05, 0) is 35.4 Å². The predicted octanol–water partition coefficient (Wildman–Crippen LogP) is 2.78. The minimum absolute atomic E-state index is 0.219. The molecule has 0 radical (unpaired) electrons. The van der Waals surface area contributed by atoms with Gasteiger partial charge in [0.1, 0.15) is 10.3 Å². The van der Waals surface area contributed by atoms with Gasteiger partial charge in [-0.25, -0.2) is 8.42 Å². The van der Waals surface area contributed by atoms with Crippen LogP contribution in [-0.2, 0) is 27.8 Å². The normalized spacial score (nSPS) is 17.9. The molecule has 25 heavy (non-hydrogen) atoms. The highest BCUT2D eigenvalue weighted by atomic mass is 32.2. The van der Waals surface area contributed by atoms with Gasteiger partial charge in [0.15, 0.2) is 0 Å². The Morgan fingerprint density at radius 1 is 1.24 bits per heavy atom. The summed E-state index contributed by atoms with van der Waals surface area (Å²) in [6, 6.07) is 10.3. The van der Waals surface area contributed by atoms with Gasteiger partial charge in [-0.3, -0.25) is 4.79 Å². The first-order chi connectivity index (χ1) is 12.0. The number of carbonyl (C=O) groups excluding carboxylic acids is 1. The second kappa shape index (κ2) is 7.68. The predicted molar refractivity (Wildman–Crippen MR) is 98.9 cm³/mol. The van der Waals surface area contributed by atoms with E-state index in [-0.39, 0.29) is 16.7 Å². The summed E-state index contributed by atoms with van der Waals surface area (Å²) >= 11 is 1.18. The van der Waals surface area contributed by atoms with Gasteiger partial charge in [-0.2, -0.15) is 4.31 Å². The van der Waals surface area contributed by atoms with Crippen molar-refractivity contribution in [2.45, 2.75) is 43.0 Å². The minimum atomic E-state index is -3.70. The fraction of sp³-hybridized carbons (Fsp3) is 0.389. The van der Waals surface area contributed by atoms with Crippen LogP contribution in [0.25, 0.3) is 0 Å². The first-order valence-corrected chi connectivity index (χ1v) is 10.8. The first-order valence-electron chi connectivity index (χ1n) is 8.44. The Bertz CT molecular complexity index is 832. The van der Waals surface area contributed by atoms with Crippen molar-refractivity contribution < 1.29 is 13.2 Å². The topological polar surface area (TPSA) is 66.5 Å². The van der Waals surface area contributed by atoms with E-state index in [4.69, 9.17) is 0 Å². The van der Waals surface area contributed by atoms with Crippen LogP contribution in [-0.4, -0.2) is 31.2 Å². The largest absolute Gasteiger partial charge is 0.355 e. The summed E-state index contributed by atoms with van der Waals surface area (Å²) in [6.07, 6.45) is 2.26. The summed E-state index contributed by atoms with van der Waals surface area (Å²) in [5.74, 6) is -0.219. The number of rotatable bonds is 6. The van der Waals surface area contributed by atoms with Gasteiger partial charge in [-0.1, -0.05) is 43.7 Å². The van der Waals surface area contributed by atoms with Gasteiger partial charge in [-0.15, -0.1) is 11.3 Å². The lowest BCUT2D eigenvalue weighted by atomic mass is 9.95. The van der Waals surface area contributed by atoms with Crippen LogP contribution in [0, 0.1) is 0 Å². The third kappa shape index (κ3) is 3.78. The lowest BCUT2D eigenvalue weighted by Gasteiger charge is -2.34. The van der Waals surface area contributed by atoms with E-state index in [1.54, 1.807) is 17.5 Å². The molecule has 0 bridgehead atoms. The maximum atomic E-state index is 13.1. The second-order valence-electron chi connectivity index (χ2n) is 6.12. The zero-order chi connectivity index (χ0) is 17.9. The van der Waals surface area contributed by atoms with E-state index < -0.39 is 16.1 Å². The van der Waals surface area contributed by atoms with Crippen LogP contribution in [0.4, 0.5) is 0 Å². The molecule has 1 aliphatic rings. The molecule has 0 saturated carbocycles. The number of nitrogens with zero attached hydrogens (tertiary/aromatic N) is 1. The van der Waals surface area contributed by atoms with Gasteiger partial charge in [0.25, 0.3) is 10.0 Å². The molecule has 1 aromatic carbocycles. The Kier molecular flexibility index (Phi) is 5.56. The minimum Gasteiger partial charge on any atom is -0.355 e. The third-order valence-electron chi connectivity index (χ3n) is 4.40. The summed E-state index contributed by atoms with van der Waals surface area (Å²) < 4.78 is 27.7. The summed E-state index contributed by atoms with van der Waals surface area (Å²) in [4.78, 5) is 12.7. The van der Waals surface area contributed by atoms with Crippen molar-refractivity contribution in [3.05, 3.63) is 52.9 Å². The number of unbranched alkanes of at least 4 members (excludes halogenated alkanes) is 1. The Morgan fingerprint density at radius 2 is 2.00 bits per heavy atom. The van der Waals surface area contributed by atoms with Crippen molar-refractivity contribution >= 4 is 27.3 Å². The van der Waals surface area contributed by atoms with E-state index in [9.17, 15) is 13.2 Å². The van der Waals surface area contributed by atoms with Crippen LogP contribution in [0.5, 0.6) is 0 Å². The highest BCUT2D eigenvalue weighted by Gasteiger charge is 2.39. The molecule has 0 spiro atoms. The number of benzene rings is 1. The molecule has 1 N–H and O–H groups in total. The van der Waals surface area contributed by atoms with Crippen LogP contribution in [0.1, 0.15) is 30.9 Å². The number of sulfonamides is 1. The lowest BCUT2D eigenvalue weighted by molar-refractivity contribution is -0.125. The summed E-state index contributed by atoms with van der Waals surface area (Å²) in [6.45, 7) is 2.85. The zero-order valence-corrected chi connectivity index (χ0v) is 15.8. The van der Waals surface area contributed by atoms with E-state index in [0.29, 0.717) is 13.0 Å². The van der Waals surface area contributed by atoms with Crippen LogP contribution in [0.3, 0.4) is 0 Å². The smallest absolute Gasteiger partial charge is 0.253 e. The van der Waals surface area contributed by atoms with Crippen LogP contribution < -0.4 is 5.32 Å². The molecule has 0 unspecified atom stereocenters. The molecule has 0 aliphatic carbocycles. The molecule has 1 aliphatic heterocycles. The Labute approximate surface area is 152 Å². The van der Waals surface area contributed by atoms with Gasteiger partial charge >= 0.3 is 0 Å². The highest BCUT2D eigenvalue weighted by Crippen LogP contribution is 2.30. The van der Waals surface area contributed by atoms with Crippen molar-refractivity contribution in [3.63, 3.8) is 0 Å². The quantitative estimate of drug-likeness (QED) is 0.786. The van der Waals surface area contributed by atoms with Gasteiger partial charge in [0.2, 0.25) is 5.91 Å². The highest BCUT2D eigenvalue weighted by molar-refractivity contribution is 7.91. The number of carbonyl (C=O) groups is 1. The Hall–Kier alpha value is -1.70. The van der Waals surface area contributed by atoms with Gasteiger partial charge in [0, 0.05) is 13.1 Å². The van der Waals surface area contributed by atoms with Crippen molar-refractivity contribution in [1.29, 1.82) is 0 Å². The molecule has 1 atom stereocenters. The molecule has 0 saturated heterocycles. The van der Waals surface area contributed by atoms with Gasteiger partial charge < -0.3 is 5.32 Å². The molecule has 2 aromatic rings. The Balaban J connectivity index is 1.93. The van der Waals surface area contributed by atoms with E-state index in [1.807, 2.05) is 24.3 Å². The van der Waals surface area contributed by atoms with Crippen molar-refractivity contribution in [3.8, 4) is 0 Å². The number of fused-ring (bicyclic) bond motifs is 1. The average molecular weight is 379 g/mol. The summed E-state index contributed by atoms with van der Waals surface area (Å²) in [5.41, 5.74) is 2.00. The SMILES string of the molecule is CCCCNC(=O)[C@@H]1Cc2ccccc2CN1S(=O)(=O)c1cccs1. The van der Waals surface area contributed by atoms with Crippen LogP contribution in [0.2, 0.25) is 0 Å². The van der Waals surface area contributed by atoms with E-state index in [1.165, 1.54) is 15.6 Å². The molecule has 7 heteroatoms. The molecule has 134 valence electrons. The second-order valence-corrected chi connectivity index (χ2v) is 9.18. The maximum absolute atomic E-state index is 13.1. The lowest BCUT2D eigenvalue weighted by Crippen LogP contribution is -2.52. The summed E-state index contributed by atoms with van der Waals surface area (Å²) in [5, 5.41) is 4.63. The molecular formula is C18H22N2O3S2. The number of hydrogen-bond donors (Lipinski definition) is 1. The molecular weight excluding hydrogens is 356 g/mol. The molecule has 1 amide bonds. The Morgan fingerprint density at radius 3 is 2.68 bits per heavy atom. The molecule has 5 nitrogen and oxygen atoms in total. The summed E-state index contributed by atoms with van der Waals surface area (Å²) in [7, 11) is -3.70. The maximum Gasteiger partial charge on any atom is 0.253 e. The molecule has 1 aromatic heterocycles. The standard InChI is InChI=1S/C18H22N2O3S2/c1-2-3-10-19-18(21)16-12-14-7-4-5-8-15(14)13-20(16)25(22,23)17-9-6-11-24-17/h4-9,11,16H,2-3,10,12-13H2,1H3,(H,19,21)/t16-/m0/s1. The molecule has 3 rings (SSSR count). The monoisotopic (exact) mass is 378 g/mol. The van der Waals surface area contributed by atoms with Gasteiger partial charge in [0.05, 0.1) is 0 Å². The van der Waals surface area contributed by atoms with E-state index in [2.05, 4.69) is 12.2 Å². The fourth-order valence-electron chi connectivity index (χ4n) is 3.01.